The number of rotatable bonds is 4. The summed E-state index contributed by atoms with van der Waals surface area (Å²) in [6, 6.07) is 12.0. The molecule has 0 radical (unpaired) electrons. The van der Waals surface area contributed by atoms with Gasteiger partial charge < -0.3 is 4.74 Å². The van der Waals surface area contributed by atoms with E-state index in [1.165, 1.54) is 9.75 Å². The lowest BCUT2D eigenvalue weighted by molar-refractivity contribution is 0.415. The Labute approximate surface area is 138 Å². The molecule has 2 heterocycles. The van der Waals surface area contributed by atoms with E-state index in [0.29, 0.717) is 0 Å². The van der Waals surface area contributed by atoms with E-state index in [-0.39, 0.29) is 0 Å². The van der Waals surface area contributed by atoms with Gasteiger partial charge in [-0.3, -0.25) is 5.43 Å². The number of aliphatic imine (C=N–C) groups is 1. The van der Waals surface area contributed by atoms with Crippen molar-refractivity contribution >= 4 is 39.7 Å². The Kier molecular flexibility index (Phi) is 4.80. The summed E-state index contributed by atoms with van der Waals surface area (Å²) in [6.45, 7) is 2.17. The number of benzene rings is 1. The Balaban J connectivity index is 1.73. The van der Waals surface area contributed by atoms with E-state index >= 15 is 0 Å². The van der Waals surface area contributed by atoms with Gasteiger partial charge in [-0.15, -0.1) is 11.3 Å². The van der Waals surface area contributed by atoms with Crippen LogP contribution in [0, 0.1) is 0 Å². The quantitative estimate of drug-likeness (QED) is 0.919. The fourth-order valence-electron chi connectivity index (χ4n) is 2.02. The van der Waals surface area contributed by atoms with Crippen LogP contribution in [0.2, 0.25) is 0 Å². The summed E-state index contributed by atoms with van der Waals surface area (Å²) in [6.07, 6.45) is 1.07. The monoisotopic (exact) mass is 331 g/mol. The number of amidine groups is 1. The normalized spacial score (nSPS) is 16.3. The van der Waals surface area contributed by atoms with Crippen LogP contribution >= 0.6 is 23.1 Å². The first-order valence-electron chi connectivity index (χ1n) is 7.05. The number of hydrogen-bond acceptors (Lipinski definition) is 5. The standard InChI is InChI=1S/C16H17N3OS2/c1-3-13-7-8-15(22-13)14-10-21-16(19-18-14)17-11-5-4-6-12(9-11)20-2/h4-9H,3,10H2,1-2H3,(H,17,19). The molecule has 1 N–H and O–H groups in total. The first-order valence-corrected chi connectivity index (χ1v) is 8.86. The molecule has 0 bridgehead atoms. The molecule has 0 atom stereocenters. The highest BCUT2D eigenvalue weighted by Crippen LogP contribution is 2.24. The van der Waals surface area contributed by atoms with Crippen molar-refractivity contribution in [3.8, 4) is 5.75 Å². The van der Waals surface area contributed by atoms with Crippen LogP contribution in [0.25, 0.3) is 0 Å². The molecule has 0 fully saturated rings. The second-order valence-electron chi connectivity index (χ2n) is 4.70. The zero-order valence-electron chi connectivity index (χ0n) is 12.5. The van der Waals surface area contributed by atoms with Crippen LogP contribution in [0.3, 0.4) is 0 Å². The van der Waals surface area contributed by atoms with Crippen molar-refractivity contribution in [1.82, 2.24) is 5.43 Å². The number of aryl methyl sites for hydroxylation is 1. The molecule has 22 heavy (non-hydrogen) atoms. The van der Waals surface area contributed by atoms with E-state index in [9.17, 15) is 0 Å². The minimum atomic E-state index is 0.803. The highest BCUT2D eigenvalue weighted by Gasteiger charge is 2.14. The molecule has 0 unspecified atom stereocenters. The smallest absolute Gasteiger partial charge is 0.182 e. The Hall–Kier alpha value is -1.79. The van der Waals surface area contributed by atoms with Crippen LogP contribution in [0.1, 0.15) is 16.7 Å². The first kappa shape index (κ1) is 15.1. The molecule has 114 valence electrons. The molecule has 1 aliphatic heterocycles. The minimum Gasteiger partial charge on any atom is -0.497 e. The molecular formula is C16H17N3OS2. The highest BCUT2D eigenvalue weighted by molar-refractivity contribution is 8.14. The molecule has 1 aromatic heterocycles. The van der Waals surface area contributed by atoms with Gasteiger partial charge in [0.25, 0.3) is 0 Å². The van der Waals surface area contributed by atoms with Crippen molar-refractivity contribution in [3.05, 3.63) is 46.2 Å². The predicted molar refractivity (Wildman–Crippen MR) is 95.9 cm³/mol. The van der Waals surface area contributed by atoms with E-state index in [1.807, 2.05) is 35.6 Å². The van der Waals surface area contributed by atoms with Gasteiger partial charge in [-0.2, -0.15) is 5.10 Å². The van der Waals surface area contributed by atoms with E-state index in [4.69, 9.17) is 4.74 Å². The topological polar surface area (TPSA) is 46.0 Å². The summed E-state index contributed by atoms with van der Waals surface area (Å²) in [5.74, 6) is 1.64. The maximum Gasteiger partial charge on any atom is 0.182 e. The minimum absolute atomic E-state index is 0.803. The summed E-state index contributed by atoms with van der Waals surface area (Å²) in [7, 11) is 1.65. The summed E-state index contributed by atoms with van der Waals surface area (Å²) in [5.41, 5.74) is 4.99. The van der Waals surface area contributed by atoms with Gasteiger partial charge in [-0.05, 0) is 30.7 Å². The van der Waals surface area contributed by atoms with E-state index < -0.39 is 0 Å². The second kappa shape index (κ2) is 6.98. The van der Waals surface area contributed by atoms with E-state index in [0.717, 1.165) is 34.5 Å². The van der Waals surface area contributed by atoms with Crippen molar-refractivity contribution in [2.45, 2.75) is 13.3 Å². The molecule has 0 aliphatic carbocycles. The average Bonchev–Trinajstić information content (AvgIpc) is 3.05. The van der Waals surface area contributed by atoms with Gasteiger partial charge in [-0.25, -0.2) is 4.99 Å². The van der Waals surface area contributed by atoms with Crippen LogP contribution in [0.5, 0.6) is 5.75 Å². The first-order chi connectivity index (χ1) is 10.8. The van der Waals surface area contributed by atoms with E-state index in [1.54, 1.807) is 18.9 Å². The zero-order chi connectivity index (χ0) is 15.4. The van der Waals surface area contributed by atoms with Gasteiger partial charge in [0, 0.05) is 16.7 Å². The average molecular weight is 331 g/mol. The largest absolute Gasteiger partial charge is 0.497 e. The molecule has 6 heteroatoms. The lowest BCUT2D eigenvalue weighted by Gasteiger charge is -2.13. The van der Waals surface area contributed by atoms with Gasteiger partial charge in [0.15, 0.2) is 5.17 Å². The Morgan fingerprint density at radius 3 is 2.91 bits per heavy atom. The lowest BCUT2D eigenvalue weighted by atomic mass is 10.3. The van der Waals surface area contributed by atoms with Gasteiger partial charge >= 0.3 is 0 Å². The van der Waals surface area contributed by atoms with Crippen molar-refractivity contribution in [3.63, 3.8) is 0 Å². The Morgan fingerprint density at radius 1 is 1.32 bits per heavy atom. The predicted octanol–water partition coefficient (Wildman–Crippen LogP) is 4.05. The van der Waals surface area contributed by atoms with Crippen molar-refractivity contribution in [2.24, 2.45) is 10.1 Å². The van der Waals surface area contributed by atoms with E-state index in [2.05, 4.69) is 34.6 Å². The molecule has 1 aliphatic rings. The fraction of sp³-hybridized carbons (Fsp3) is 0.250. The third-order valence-corrected chi connectivity index (χ3v) is 5.36. The van der Waals surface area contributed by atoms with Crippen molar-refractivity contribution < 1.29 is 4.74 Å². The molecule has 4 nitrogen and oxygen atoms in total. The summed E-state index contributed by atoms with van der Waals surface area (Å²) < 4.78 is 5.21. The number of nitrogens with one attached hydrogen (secondary N) is 1. The SMILES string of the molecule is CCc1ccc(C2=NNC(=Nc3cccc(OC)c3)SC2)s1. The fourth-order valence-corrected chi connectivity index (χ4v) is 3.82. The molecule has 0 amide bonds. The van der Waals surface area contributed by atoms with Crippen LogP contribution in [0.4, 0.5) is 5.69 Å². The molecule has 0 spiro atoms. The van der Waals surface area contributed by atoms with Crippen LogP contribution in [0.15, 0.2) is 46.5 Å². The Morgan fingerprint density at radius 2 is 2.23 bits per heavy atom. The summed E-state index contributed by atoms with van der Waals surface area (Å²) in [4.78, 5) is 7.18. The maximum absolute atomic E-state index is 5.21. The molecule has 3 rings (SSSR count). The molecule has 1 aromatic carbocycles. The molecule has 2 aromatic rings. The van der Waals surface area contributed by atoms with Crippen LogP contribution in [-0.4, -0.2) is 23.7 Å². The third kappa shape index (κ3) is 3.51. The number of thiophene rings is 1. The zero-order valence-corrected chi connectivity index (χ0v) is 14.1. The number of ether oxygens (including phenoxy) is 1. The summed E-state index contributed by atoms with van der Waals surface area (Å²) >= 11 is 3.47. The Bertz CT molecular complexity index is 722. The van der Waals surface area contributed by atoms with Crippen LogP contribution in [-0.2, 0) is 6.42 Å². The molecule has 0 saturated carbocycles. The van der Waals surface area contributed by atoms with Gasteiger partial charge in [0.2, 0.25) is 0 Å². The highest BCUT2D eigenvalue weighted by atomic mass is 32.2. The maximum atomic E-state index is 5.21. The van der Waals surface area contributed by atoms with Gasteiger partial charge in [0.05, 0.1) is 23.4 Å². The summed E-state index contributed by atoms with van der Waals surface area (Å²) in [5, 5.41) is 5.27. The van der Waals surface area contributed by atoms with Gasteiger partial charge in [0.1, 0.15) is 5.75 Å². The number of methoxy groups -OCH3 is 1. The number of hydrazone groups is 1. The molecular weight excluding hydrogens is 314 g/mol. The lowest BCUT2D eigenvalue weighted by Crippen LogP contribution is -2.24. The molecule has 0 saturated heterocycles. The van der Waals surface area contributed by atoms with Crippen molar-refractivity contribution in [1.29, 1.82) is 0 Å². The third-order valence-electron chi connectivity index (χ3n) is 3.21. The number of thioether (sulfide) groups is 1. The van der Waals surface area contributed by atoms with Gasteiger partial charge in [-0.1, -0.05) is 24.8 Å². The number of nitrogens with zero attached hydrogens (tertiary/aromatic N) is 2. The van der Waals surface area contributed by atoms with Crippen LogP contribution < -0.4 is 10.2 Å². The number of hydrogen-bond donors (Lipinski definition) is 1. The second-order valence-corrected chi connectivity index (χ2v) is 6.83. The van der Waals surface area contributed by atoms with Crippen molar-refractivity contribution in [2.75, 3.05) is 12.9 Å².